The van der Waals surface area contributed by atoms with E-state index in [9.17, 15) is 5.11 Å². The van der Waals surface area contributed by atoms with E-state index in [1.54, 1.807) is 19.1 Å². The van der Waals surface area contributed by atoms with Crippen molar-refractivity contribution in [2.45, 2.75) is 19.6 Å². The molecule has 0 fully saturated rings. The van der Waals surface area contributed by atoms with Crippen molar-refractivity contribution in [3.8, 4) is 11.8 Å². The van der Waals surface area contributed by atoms with E-state index in [2.05, 4.69) is 22.0 Å². The summed E-state index contributed by atoms with van der Waals surface area (Å²) in [6, 6.07) is 14.9. The Bertz CT molecular complexity index is 630. The molecule has 0 aliphatic heterocycles. The minimum Gasteiger partial charge on any atom is -0.489 e. The number of hydrogen-bond acceptors (Lipinski definition) is 3. The second-order valence-corrected chi connectivity index (χ2v) is 5.37. The molecule has 0 heterocycles. The third-order valence-corrected chi connectivity index (χ3v) is 3.39. The van der Waals surface area contributed by atoms with E-state index in [4.69, 9.17) is 10.00 Å². The van der Waals surface area contributed by atoms with Crippen LogP contribution in [0.5, 0.6) is 5.75 Å². The number of nitrogens with zero attached hydrogens (tertiary/aromatic N) is 1. The minimum absolute atomic E-state index is 0.396. The van der Waals surface area contributed by atoms with Gasteiger partial charge in [-0.25, -0.2) is 0 Å². The van der Waals surface area contributed by atoms with Crippen molar-refractivity contribution >= 4 is 15.9 Å². The molecule has 0 radical (unpaired) electrons. The highest BCUT2D eigenvalue weighted by molar-refractivity contribution is 9.10. The topological polar surface area (TPSA) is 53.2 Å². The largest absolute Gasteiger partial charge is 0.489 e. The monoisotopic (exact) mass is 331 g/mol. The summed E-state index contributed by atoms with van der Waals surface area (Å²) < 4.78 is 6.65. The summed E-state index contributed by atoms with van der Waals surface area (Å²) in [5, 5.41) is 18.5. The molecular weight excluding hydrogens is 318 g/mol. The average Bonchev–Trinajstić information content (AvgIpc) is 2.46. The average molecular weight is 332 g/mol. The van der Waals surface area contributed by atoms with E-state index in [1.807, 2.05) is 30.3 Å². The van der Waals surface area contributed by atoms with Crippen LogP contribution < -0.4 is 4.74 Å². The van der Waals surface area contributed by atoms with Crippen molar-refractivity contribution in [1.82, 2.24) is 0 Å². The minimum atomic E-state index is -0.594. The Labute approximate surface area is 126 Å². The van der Waals surface area contributed by atoms with Crippen LogP contribution in [0.3, 0.4) is 0 Å². The predicted molar refractivity (Wildman–Crippen MR) is 80.3 cm³/mol. The zero-order valence-corrected chi connectivity index (χ0v) is 12.6. The summed E-state index contributed by atoms with van der Waals surface area (Å²) in [4.78, 5) is 0. The van der Waals surface area contributed by atoms with Gasteiger partial charge in [0.2, 0.25) is 0 Å². The Morgan fingerprint density at radius 2 is 1.95 bits per heavy atom. The van der Waals surface area contributed by atoms with Crippen LogP contribution in [0.4, 0.5) is 0 Å². The quantitative estimate of drug-likeness (QED) is 0.922. The molecule has 4 heteroatoms. The van der Waals surface area contributed by atoms with Crippen molar-refractivity contribution in [2.24, 2.45) is 0 Å². The van der Waals surface area contributed by atoms with Crippen molar-refractivity contribution in [3.05, 3.63) is 63.6 Å². The highest BCUT2D eigenvalue weighted by atomic mass is 79.9. The second kappa shape index (κ2) is 6.56. The molecule has 1 N–H and O–H groups in total. The molecule has 0 aliphatic carbocycles. The van der Waals surface area contributed by atoms with Crippen LogP contribution in [0.1, 0.15) is 29.7 Å². The molecular formula is C16H14BrNO2. The number of benzene rings is 2. The lowest BCUT2D eigenvalue weighted by atomic mass is 10.1. The summed E-state index contributed by atoms with van der Waals surface area (Å²) in [5.41, 5.74) is 2.35. The number of aliphatic hydroxyl groups is 1. The van der Waals surface area contributed by atoms with Gasteiger partial charge in [0.25, 0.3) is 0 Å². The number of aliphatic hydroxyl groups excluding tert-OH is 1. The van der Waals surface area contributed by atoms with Crippen molar-refractivity contribution in [1.29, 1.82) is 5.26 Å². The normalized spacial score (nSPS) is 11.7. The molecule has 0 saturated carbocycles. The highest BCUT2D eigenvalue weighted by Crippen LogP contribution is 2.29. The van der Waals surface area contributed by atoms with Gasteiger partial charge in [0.05, 0.1) is 17.7 Å². The lowest BCUT2D eigenvalue weighted by molar-refractivity contribution is 0.190. The summed E-state index contributed by atoms with van der Waals surface area (Å²) in [7, 11) is 0. The van der Waals surface area contributed by atoms with Crippen molar-refractivity contribution < 1.29 is 9.84 Å². The molecule has 0 bridgehead atoms. The predicted octanol–water partition coefficient (Wildman–Crippen LogP) is 3.95. The second-order valence-electron chi connectivity index (χ2n) is 4.46. The molecule has 0 aromatic heterocycles. The maximum Gasteiger partial charge on any atom is 0.125 e. The van der Waals surface area contributed by atoms with E-state index >= 15 is 0 Å². The number of ether oxygens (including phenoxy) is 1. The van der Waals surface area contributed by atoms with Crippen LogP contribution in [0.25, 0.3) is 0 Å². The molecule has 0 saturated heterocycles. The number of hydrogen-bond donors (Lipinski definition) is 1. The number of nitriles is 1. The van der Waals surface area contributed by atoms with E-state index in [1.165, 1.54) is 0 Å². The molecule has 2 aromatic rings. The molecule has 0 amide bonds. The Morgan fingerprint density at radius 1 is 1.25 bits per heavy atom. The fourth-order valence-electron chi connectivity index (χ4n) is 1.81. The SMILES string of the molecule is C[C@H](O)c1cc(Br)ccc1OCc1ccc(C#N)cc1. The Morgan fingerprint density at radius 3 is 2.55 bits per heavy atom. The fourth-order valence-corrected chi connectivity index (χ4v) is 2.19. The van der Waals surface area contributed by atoms with E-state index in [0.717, 1.165) is 15.6 Å². The first-order chi connectivity index (χ1) is 9.60. The summed E-state index contributed by atoms with van der Waals surface area (Å²) >= 11 is 3.38. The molecule has 20 heavy (non-hydrogen) atoms. The maximum atomic E-state index is 9.76. The number of rotatable bonds is 4. The lowest BCUT2D eigenvalue weighted by Gasteiger charge is -2.14. The summed E-state index contributed by atoms with van der Waals surface area (Å²) in [6.07, 6.45) is -0.594. The summed E-state index contributed by atoms with van der Waals surface area (Å²) in [6.45, 7) is 2.10. The standard InChI is InChI=1S/C16H14BrNO2/c1-11(19)15-8-14(17)6-7-16(15)20-10-13-4-2-12(9-18)3-5-13/h2-8,11,19H,10H2,1H3/t11-/m0/s1. The third-order valence-electron chi connectivity index (χ3n) is 2.90. The molecule has 2 aromatic carbocycles. The Kier molecular flexibility index (Phi) is 4.78. The molecule has 0 unspecified atom stereocenters. The highest BCUT2D eigenvalue weighted by Gasteiger charge is 2.10. The van der Waals surface area contributed by atoms with Gasteiger partial charge >= 0.3 is 0 Å². The smallest absolute Gasteiger partial charge is 0.125 e. The van der Waals surface area contributed by atoms with Crippen LogP contribution in [0, 0.1) is 11.3 Å². The van der Waals surface area contributed by atoms with Gasteiger partial charge in [-0.05, 0) is 42.8 Å². The zero-order valence-electron chi connectivity index (χ0n) is 11.0. The molecule has 3 nitrogen and oxygen atoms in total. The van der Waals surface area contributed by atoms with Crippen LogP contribution in [-0.2, 0) is 6.61 Å². The van der Waals surface area contributed by atoms with Gasteiger partial charge in [-0.1, -0.05) is 28.1 Å². The summed E-state index contributed by atoms with van der Waals surface area (Å²) in [5.74, 6) is 0.660. The Balaban J connectivity index is 2.12. The van der Waals surface area contributed by atoms with Crippen LogP contribution in [0.2, 0.25) is 0 Å². The number of halogens is 1. The van der Waals surface area contributed by atoms with E-state index in [0.29, 0.717) is 17.9 Å². The molecule has 2 rings (SSSR count). The van der Waals surface area contributed by atoms with Gasteiger partial charge in [0.15, 0.2) is 0 Å². The molecule has 1 atom stereocenters. The van der Waals surface area contributed by atoms with Gasteiger partial charge in [-0.15, -0.1) is 0 Å². The van der Waals surface area contributed by atoms with Crippen molar-refractivity contribution in [3.63, 3.8) is 0 Å². The van der Waals surface area contributed by atoms with Crippen LogP contribution in [0.15, 0.2) is 46.9 Å². The molecule has 0 aliphatic rings. The fraction of sp³-hybridized carbons (Fsp3) is 0.188. The Hall–Kier alpha value is -1.83. The van der Waals surface area contributed by atoms with Gasteiger partial charge in [-0.2, -0.15) is 5.26 Å². The maximum absolute atomic E-state index is 9.76. The first-order valence-corrected chi connectivity index (χ1v) is 6.99. The third kappa shape index (κ3) is 3.60. The van der Waals surface area contributed by atoms with Gasteiger partial charge < -0.3 is 9.84 Å². The first kappa shape index (κ1) is 14.6. The molecule has 102 valence electrons. The van der Waals surface area contributed by atoms with E-state index in [-0.39, 0.29) is 0 Å². The lowest BCUT2D eigenvalue weighted by Crippen LogP contribution is -2.01. The van der Waals surface area contributed by atoms with Crippen molar-refractivity contribution in [2.75, 3.05) is 0 Å². The van der Waals surface area contributed by atoms with Gasteiger partial charge in [-0.3, -0.25) is 0 Å². The van der Waals surface area contributed by atoms with Crippen LogP contribution >= 0.6 is 15.9 Å². The first-order valence-electron chi connectivity index (χ1n) is 6.19. The van der Waals surface area contributed by atoms with Crippen LogP contribution in [-0.4, -0.2) is 5.11 Å². The van der Waals surface area contributed by atoms with Gasteiger partial charge in [0.1, 0.15) is 12.4 Å². The van der Waals surface area contributed by atoms with E-state index < -0.39 is 6.10 Å². The zero-order chi connectivity index (χ0) is 14.5. The van der Waals surface area contributed by atoms with Gasteiger partial charge in [0, 0.05) is 10.0 Å². The molecule has 0 spiro atoms.